The lowest BCUT2D eigenvalue weighted by atomic mass is 10.2. The van der Waals surface area contributed by atoms with Crippen LogP contribution in [-0.4, -0.2) is 35.6 Å². The zero-order valence-electron chi connectivity index (χ0n) is 13.9. The molecule has 3 N–H and O–H groups in total. The monoisotopic (exact) mass is 392 g/mol. The van der Waals surface area contributed by atoms with Gasteiger partial charge in [0.25, 0.3) is 5.19 Å². The average molecular weight is 393 g/mol. The fourth-order valence-corrected chi connectivity index (χ4v) is 3.30. The Morgan fingerprint density at radius 2 is 2.08 bits per heavy atom. The van der Waals surface area contributed by atoms with Crippen LogP contribution in [0.1, 0.15) is 6.42 Å². The lowest BCUT2D eigenvalue weighted by molar-refractivity contribution is -0.120. The van der Waals surface area contributed by atoms with Gasteiger partial charge >= 0.3 is 0 Å². The second-order valence-corrected chi connectivity index (χ2v) is 6.84. The topological polar surface area (TPSA) is 99.4 Å². The second-order valence-electron chi connectivity index (χ2n) is 5.41. The number of nitrogens with one attached hydrogen (secondary N) is 1. The average Bonchev–Trinajstić information content (AvgIpc) is 3.01. The molecule has 0 bridgehead atoms. The third-order valence-electron chi connectivity index (χ3n) is 3.59. The number of primary amides is 1. The van der Waals surface area contributed by atoms with Gasteiger partial charge < -0.3 is 20.5 Å². The van der Waals surface area contributed by atoms with E-state index in [4.69, 9.17) is 26.8 Å². The predicted octanol–water partition coefficient (Wildman–Crippen LogP) is 2.98. The van der Waals surface area contributed by atoms with Crippen molar-refractivity contribution >= 4 is 39.2 Å². The van der Waals surface area contributed by atoms with Crippen molar-refractivity contribution in [3.05, 3.63) is 41.6 Å². The molecule has 0 aliphatic heterocycles. The molecule has 1 unspecified atom stereocenters. The minimum atomic E-state index is -0.404. The molecule has 1 amide bonds. The van der Waals surface area contributed by atoms with Crippen molar-refractivity contribution in [2.75, 3.05) is 13.7 Å². The van der Waals surface area contributed by atoms with Gasteiger partial charge in [0, 0.05) is 12.6 Å². The number of carbonyl (C=O) groups excluding carboxylic acids is 1. The molecule has 0 radical (unpaired) electrons. The van der Waals surface area contributed by atoms with Gasteiger partial charge in [0.15, 0.2) is 5.65 Å². The van der Waals surface area contributed by atoms with Crippen molar-refractivity contribution in [1.82, 2.24) is 15.3 Å². The van der Waals surface area contributed by atoms with Gasteiger partial charge in [0.2, 0.25) is 5.91 Å². The maximum Gasteiger partial charge on any atom is 0.281 e. The first kappa shape index (κ1) is 18.4. The molecule has 2 aromatic heterocycles. The van der Waals surface area contributed by atoms with Crippen molar-refractivity contribution in [2.45, 2.75) is 12.5 Å². The molecule has 1 aromatic carbocycles. The predicted molar refractivity (Wildman–Crippen MR) is 101 cm³/mol. The quantitative estimate of drug-likeness (QED) is 0.611. The minimum absolute atomic E-state index is 0.374. The third kappa shape index (κ3) is 4.60. The zero-order chi connectivity index (χ0) is 18.5. The highest BCUT2D eigenvalue weighted by molar-refractivity contribution is 7.20. The van der Waals surface area contributed by atoms with Crippen LogP contribution in [-0.2, 0) is 4.79 Å². The Labute approximate surface area is 159 Å². The Morgan fingerprint density at radius 1 is 1.35 bits per heavy atom. The van der Waals surface area contributed by atoms with Gasteiger partial charge in [-0.25, -0.2) is 4.98 Å². The highest BCUT2D eigenvalue weighted by Gasteiger charge is 2.12. The van der Waals surface area contributed by atoms with Gasteiger partial charge in [-0.2, -0.15) is 4.98 Å². The van der Waals surface area contributed by atoms with Gasteiger partial charge in [-0.05, 0) is 37.4 Å². The highest BCUT2D eigenvalue weighted by atomic mass is 35.5. The number of benzene rings is 1. The molecule has 3 rings (SSSR count). The van der Waals surface area contributed by atoms with Crippen LogP contribution < -0.4 is 20.5 Å². The summed E-state index contributed by atoms with van der Waals surface area (Å²) in [4.78, 5) is 19.6. The summed E-state index contributed by atoms with van der Waals surface area (Å²) in [5.74, 6) is 0.911. The van der Waals surface area contributed by atoms with Gasteiger partial charge in [-0.3, -0.25) is 4.79 Å². The fraction of sp³-hybridized carbons (Fsp3) is 0.235. The van der Waals surface area contributed by atoms with Crippen LogP contribution in [0.2, 0.25) is 5.02 Å². The summed E-state index contributed by atoms with van der Waals surface area (Å²) in [5, 5.41) is 3.89. The van der Waals surface area contributed by atoms with Crippen molar-refractivity contribution in [2.24, 2.45) is 5.73 Å². The Hall–Kier alpha value is -2.42. The maximum atomic E-state index is 11.1. The van der Waals surface area contributed by atoms with E-state index in [0.29, 0.717) is 40.4 Å². The number of rotatable bonds is 8. The summed E-state index contributed by atoms with van der Waals surface area (Å²) in [7, 11) is 1.69. The number of hydrogen-bond donors (Lipinski definition) is 2. The van der Waals surface area contributed by atoms with Gasteiger partial charge in [0.05, 0.1) is 22.4 Å². The molecular formula is C17H17ClN4O3S. The second kappa shape index (κ2) is 8.31. The number of ether oxygens (including phenoxy) is 2. The molecule has 0 fully saturated rings. The smallest absolute Gasteiger partial charge is 0.281 e. The van der Waals surface area contributed by atoms with Crippen LogP contribution in [0.25, 0.3) is 10.3 Å². The molecule has 0 saturated heterocycles. The number of halogens is 1. The molecule has 26 heavy (non-hydrogen) atoms. The Kier molecular flexibility index (Phi) is 5.87. The van der Waals surface area contributed by atoms with Crippen LogP contribution in [0, 0.1) is 0 Å². The number of carbonyl (C=O) groups is 1. The van der Waals surface area contributed by atoms with Gasteiger partial charge in [0.1, 0.15) is 11.5 Å². The summed E-state index contributed by atoms with van der Waals surface area (Å²) in [5.41, 5.74) is 5.87. The maximum absolute atomic E-state index is 11.1. The first-order valence-corrected chi connectivity index (χ1v) is 9.04. The van der Waals surface area contributed by atoms with E-state index in [1.54, 1.807) is 43.6 Å². The fourth-order valence-electron chi connectivity index (χ4n) is 2.25. The summed E-state index contributed by atoms with van der Waals surface area (Å²) in [6.45, 7) is 0.374. The molecule has 0 saturated carbocycles. The number of thiazole rings is 1. The zero-order valence-corrected chi connectivity index (χ0v) is 15.5. The van der Waals surface area contributed by atoms with E-state index in [0.717, 1.165) is 4.70 Å². The summed E-state index contributed by atoms with van der Waals surface area (Å²) in [6, 6.07) is 8.54. The first-order chi connectivity index (χ1) is 12.5. The van der Waals surface area contributed by atoms with Crippen LogP contribution >= 0.6 is 22.9 Å². The SMILES string of the molecule is CNC(CCOc1ccc(Oc2nc3ncc(Cl)cc3s2)cc1)C(N)=O. The summed E-state index contributed by atoms with van der Waals surface area (Å²) in [6.07, 6.45) is 2.04. The van der Waals surface area contributed by atoms with Crippen molar-refractivity contribution in [1.29, 1.82) is 0 Å². The van der Waals surface area contributed by atoms with Gasteiger partial charge in [-0.15, -0.1) is 0 Å². The number of amides is 1. The number of likely N-dealkylation sites (N-methyl/N-ethyl adjacent to an activating group) is 1. The standard InChI is InChI=1S/C17H17ClN4O3S/c1-20-13(15(19)23)6-7-24-11-2-4-12(5-3-11)25-17-22-16-14(26-17)8-10(18)9-21-16/h2-5,8-9,13,20H,6-7H2,1H3,(H2,19,23). The molecule has 0 spiro atoms. The molecule has 2 heterocycles. The van der Waals surface area contributed by atoms with Crippen molar-refractivity contribution in [3.8, 4) is 16.7 Å². The first-order valence-electron chi connectivity index (χ1n) is 7.84. The number of nitrogens with zero attached hydrogens (tertiary/aromatic N) is 2. The highest BCUT2D eigenvalue weighted by Crippen LogP contribution is 2.32. The number of nitrogens with two attached hydrogens (primary N) is 1. The van der Waals surface area contributed by atoms with Crippen LogP contribution in [0.4, 0.5) is 0 Å². The number of fused-ring (bicyclic) bond motifs is 1. The normalized spacial score (nSPS) is 12.1. The van der Waals surface area contributed by atoms with E-state index in [9.17, 15) is 4.79 Å². The van der Waals surface area contributed by atoms with E-state index in [-0.39, 0.29) is 0 Å². The molecule has 1 atom stereocenters. The Balaban J connectivity index is 1.57. The van der Waals surface area contributed by atoms with Crippen LogP contribution in [0.15, 0.2) is 36.5 Å². The number of aromatic nitrogens is 2. The molecular weight excluding hydrogens is 376 g/mol. The van der Waals surface area contributed by atoms with Crippen LogP contribution in [0.5, 0.6) is 16.7 Å². The third-order valence-corrected chi connectivity index (χ3v) is 4.67. The van der Waals surface area contributed by atoms with Gasteiger partial charge in [-0.1, -0.05) is 22.9 Å². The molecule has 136 valence electrons. The summed E-state index contributed by atoms with van der Waals surface area (Å²) < 4.78 is 12.2. The molecule has 3 aromatic rings. The number of hydrogen-bond acceptors (Lipinski definition) is 7. The van der Waals surface area contributed by atoms with E-state index in [1.807, 2.05) is 0 Å². The lowest BCUT2D eigenvalue weighted by Crippen LogP contribution is -2.40. The van der Waals surface area contributed by atoms with Crippen molar-refractivity contribution in [3.63, 3.8) is 0 Å². The van der Waals surface area contributed by atoms with E-state index >= 15 is 0 Å². The molecule has 0 aliphatic carbocycles. The van der Waals surface area contributed by atoms with Crippen molar-refractivity contribution < 1.29 is 14.3 Å². The largest absolute Gasteiger partial charge is 0.494 e. The van der Waals surface area contributed by atoms with E-state index in [1.165, 1.54) is 11.3 Å². The Morgan fingerprint density at radius 3 is 2.77 bits per heavy atom. The lowest BCUT2D eigenvalue weighted by Gasteiger charge is -2.13. The van der Waals surface area contributed by atoms with E-state index < -0.39 is 11.9 Å². The number of pyridine rings is 1. The summed E-state index contributed by atoms with van der Waals surface area (Å²) >= 11 is 7.30. The molecule has 9 heteroatoms. The Bertz CT molecular complexity index is 901. The van der Waals surface area contributed by atoms with E-state index in [2.05, 4.69) is 15.3 Å². The molecule has 0 aliphatic rings. The molecule has 7 nitrogen and oxygen atoms in total. The van der Waals surface area contributed by atoms with Crippen LogP contribution in [0.3, 0.4) is 0 Å². The minimum Gasteiger partial charge on any atom is -0.494 e.